The van der Waals surface area contributed by atoms with Gasteiger partial charge in [-0.25, -0.2) is 0 Å². The molecule has 0 spiro atoms. The second-order valence-corrected chi connectivity index (χ2v) is 5.37. The molecule has 1 aromatic heterocycles. The Kier molecular flexibility index (Phi) is 5.44. The van der Waals surface area contributed by atoms with E-state index in [9.17, 15) is 0 Å². The highest BCUT2D eigenvalue weighted by atomic mass is 32.1. The third-order valence-electron chi connectivity index (χ3n) is 3.35. The van der Waals surface area contributed by atoms with Crippen LogP contribution in [0.2, 0.25) is 0 Å². The number of rotatable bonds is 7. The summed E-state index contributed by atoms with van der Waals surface area (Å²) in [6.07, 6.45) is 1.03. The maximum absolute atomic E-state index is 5.37. The fourth-order valence-electron chi connectivity index (χ4n) is 2.20. The molecule has 1 unspecified atom stereocenters. The zero-order valence-corrected chi connectivity index (χ0v) is 13.0. The van der Waals surface area contributed by atoms with Crippen LogP contribution in [0.1, 0.15) is 30.5 Å². The molecular weight excluding hydrogens is 270 g/mol. The summed E-state index contributed by atoms with van der Waals surface area (Å²) in [4.78, 5) is 0. The first-order chi connectivity index (χ1) is 9.78. The largest absolute Gasteiger partial charge is 0.493 e. The van der Waals surface area contributed by atoms with E-state index < -0.39 is 0 Å². The van der Waals surface area contributed by atoms with Crippen molar-refractivity contribution in [3.63, 3.8) is 0 Å². The maximum Gasteiger partial charge on any atom is 0.161 e. The van der Waals surface area contributed by atoms with Crippen molar-refractivity contribution in [3.05, 3.63) is 46.2 Å². The van der Waals surface area contributed by atoms with E-state index in [1.807, 2.05) is 12.1 Å². The van der Waals surface area contributed by atoms with Crippen LogP contribution in [-0.2, 0) is 6.54 Å². The van der Waals surface area contributed by atoms with Gasteiger partial charge < -0.3 is 14.8 Å². The van der Waals surface area contributed by atoms with E-state index in [2.05, 4.69) is 35.1 Å². The zero-order valence-electron chi connectivity index (χ0n) is 12.2. The van der Waals surface area contributed by atoms with E-state index in [-0.39, 0.29) is 0 Å². The quantitative estimate of drug-likeness (QED) is 0.836. The van der Waals surface area contributed by atoms with Crippen molar-refractivity contribution >= 4 is 11.3 Å². The molecule has 3 nitrogen and oxygen atoms in total. The SMILES string of the molecule is CCC(NCc1ccsc1)c1ccc(OC)c(OC)c1. The Morgan fingerprint density at radius 3 is 2.55 bits per heavy atom. The predicted octanol–water partition coefficient (Wildman–Crippen LogP) is 4.01. The topological polar surface area (TPSA) is 30.5 Å². The third-order valence-corrected chi connectivity index (χ3v) is 4.08. The minimum atomic E-state index is 0.315. The Morgan fingerprint density at radius 1 is 1.15 bits per heavy atom. The molecule has 0 amide bonds. The van der Waals surface area contributed by atoms with Gasteiger partial charge in [0.1, 0.15) is 0 Å². The molecule has 1 N–H and O–H groups in total. The molecule has 0 fully saturated rings. The first-order valence-electron chi connectivity index (χ1n) is 6.74. The van der Waals surface area contributed by atoms with Gasteiger partial charge in [0, 0.05) is 12.6 Å². The number of thiophene rings is 1. The number of benzene rings is 1. The maximum atomic E-state index is 5.37. The summed E-state index contributed by atoms with van der Waals surface area (Å²) in [6.45, 7) is 3.07. The fraction of sp³-hybridized carbons (Fsp3) is 0.375. The Morgan fingerprint density at radius 2 is 1.95 bits per heavy atom. The average Bonchev–Trinajstić information content (AvgIpc) is 3.01. The molecule has 1 aromatic carbocycles. The molecule has 0 saturated heterocycles. The van der Waals surface area contributed by atoms with E-state index >= 15 is 0 Å². The summed E-state index contributed by atoms with van der Waals surface area (Å²) < 4.78 is 10.7. The highest BCUT2D eigenvalue weighted by Gasteiger charge is 2.12. The van der Waals surface area contributed by atoms with Crippen molar-refractivity contribution in [2.24, 2.45) is 0 Å². The van der Waals surface area contributed by atoms with Crippen LogP contribution in [0.4, 0.5) is 0 Å². The fourth-order valence-corrected chi connectivity index (χ4v) is 2.87. The van der Waals surface area contributed by atoms with E-state index in [1.54, 1.807) is 25.6 Å². The Labute approximate surface area is 124 Å². The summed E-state index contributed by atoms with van der Waals surface area (Å²) in [5, 5.41) is 7.87. The number of hydrogen-bond donors (Lipinski definition) is 1. The number of nitrogens with one attached hydrogen (secondary N) is 1. The highest BCUT2D eigenvalue weighted by molar-refractivity contribution is 7.07. The van der Waals surface area contributed by atoms with Crippen molar-refractivity contribution in [1.82, 2.24) is 5.32 Å². The van der Waals surface area contributed by atoms with E-state index in [4.69, 9.17) is 9.47 Å². The summed E-state index contributed by atoms with van der Waals surface area (Å²) >= 11 is 1.73. The van der Waals surface area contributed by atoms with Crippen LogP contribution in [0.3, 0.4) is 0 Å². The minimum Gasteiger partial charge on any atom is -0.493 e. The van der Waals surface area contributed by atoms with Crippen molar-refractivity contribution in [2.45, 2.75) is 25.9 Å². The predicted molar refractivity (Wildman–Crippen MR) is 83.7 cm³/mol. The summed E-state index contributed by atoms with van der Waals surface area (Å²) in [7, 11) is 3.32. The molecule has 0 saturated carbocycles. The lowest BCUT2D eigenvalue weighted by Gasteiger charge is -2.19. The molecule has 108 valence electrons. The van der Waals surface area contributed by atoms with Crippen molar-refractivity contribution in [2.75, 3.05) is 14.2 Å². The van der Waals surface area contributed by atoms with Gasteiger partial charge in [-0.2, -0.15) is 11.3 Å². The second-order valence-electron chi connectivity index (χ2n) is 4.59. The minimum absolute atomic E-state index is 0.315. The molecule has 0 aliphatic rings. The van der Waals surface area contributed by atoms with E-state index in [0.717, 1.165) is 24.5 Å². The standard InChI is InChI=1S/C16H21NO2S/c1-4-14(17-10-12-7-8-20-11-12)13-5-6-15(18-2)16(9-13)19-3/h5-9,11,14,17H,4,10H2,1-3H3. The van der Waals surface area contributed by atoms with E-state index in [1.165, 1.54) is 11.1 Å². The molecular formula is C16H21NO2S. The van der Waals surface area contributed by atoms with Gasteiger partial charge in [0.15, 0.2) is 11.5 Å². The Hall–Kier alpha value is -1.52. The first-order valence-corrected chi connectivity index (χ1v) is 7.69. The van der Waals surface area contributed by atoms with Crippen LogP contribution in [0.5, 0.6) is 11.5 Å². The van der Waals surface area contributed by atoms with Crippen LogP contribution in [0.25, 0.3) is 0 Å². The van der Waals surface area contributed by atoms with Crippen LogP contribution in [0, 0.1) is 0 Å². The van der Waals surface area contributed by atoms with Gasteiger partial charge in [-0.15, -0.1) is 0 Å². The smallest absolute Gasteiger partial charge is 0.161 e. The molecule has 1 heterocycles. The van der Waals surface area contributed by atoms with E-state index in [0.29, 0.717) is 6.04 Å². The molecule has 0 bridgehead atoms. The molecule has 4 heteroatoms. The lowest BCUT2D eigenvalue weighted by Crippen LogP contribution is -2.20. The monoisotopic (exact) mass is 291 g/mol. The third kappa shape index (κ3) is 3.52. The summed E-state index contributed by atoms with van der Waals surface area (Å²) in [5.74, 6) is 1.55. The van der Waals surface area contributed by atoms with Gasteiger partial charge in [-0.3, -0.25) is 0 Å². The van der Waals surface area contributed by atoms with Crippen LogP contribution in [-0.4, -0.2) is 14.2 Å². The van der Waals surface area contributed by atoms with Gasteiger partial charge in [-0.05, 0) is 46.5 Å². The first kappa shape index (κ1) is 14.9. The van der Waals surface area contributed by atoms with Gasteiger partial charge in [0.2, 0.25) is 0 Å². The highest BCUT2D eigenvalue weighted by Crippen LogP contribution is 2.31. The van der Waals surface area contributed by atoms with Gasteiger partial charge in [-0.1, -0.05) is 13.0 Å². The summed E-state index contributed by atoms with van der Waals surface area (Å²) in [5.41, 5.74) is 2.55. The number of hydrogen-bond acceptors (Lipinski definition) is 4. The molecule has 2 rings (SSSR count). The lowest BCUT2D eigenvalue weighted by molar-refractivity contribution is 0.353. The molecule has 0 radical (unpaired) electrons. The average molecular weight is 291 g/mol. The van der Waals surface area contributed by atoms with Crippen molar-refractivity contribution < 1.29 is 9.47 Å². The summed E-state index contributed by atoms with van der Waals surface area (Å²) in [6, 6.07) is 8.57. The van der Waals surface area contributed by atoms with Gasteiger partial charge in [0.05, 0.1) is 14.2 Å². The normalized spacial score (nSPS) is 12.2. The Bertz CT molecular complexity index is 525. The van der Waals surface area contributed by atoms with Crippen LogP contribution >= 0.6 is 11.3 Å². The molecule has 0 aliphatic carbocycles. The molecule has 1 atom stereocenters. The molecule has 0 aliphatic heterocycles. The Balaban J connectivity index is 2.10. The lowest BCUT2D eigenvalue weighted by atomic mass is 10.0. The molecule has 2 aromatic rings. The van der Waals surface area contributed by atoms with Crippen LogP contribution in [0.15, 0.2) is 35.0 Å². The van der Waals surface area contributed by atoms with Gasteiger partial charge >= 0.3 is 0 Å². The zero-order chi connectivity index (χ0) is 14.4. The number of methoxy groups -OCH3 is 2. The van der Waals surface area contributed by atoms with Crippen molar-refractivity contribution in [3.8, 4) is 11.5 Å². The van der Waals surface area contributed by atoms with Crippen LogP contribution < -0.4 is 14.8 Å². The number of ether oxygens (including phenoxy) is 2. The molecule has 20 heavy (non-hydrogen) atoms. The van der Waals surface area contributed by atoms with Gasteiger partial charge in [0.25, 0.3) is 0 Å². The second kappa shape index (κ2) is 7.31. The van der Waals surface area contributed by atoms with Crippen molar-refractivity contribution in [1.29, 1.82) is 0 Å².